The lowest BCUT2D eigenvalue weighted by Crippen LogP contribution is -2.59. The lowest BCUT2D eigenvalue weighted by molar-refractivity contribution is -0.696. The minimum Gasteiger partial charge on any atom is -0.762 e. The molecule has 2 heterocycles. The van der Waals surface area contributed by atoms with Crippen molar-refractivity contribution in [1.82, 2.24) is 5.06 Å². The van der Waals surface area contributed by atoms with Gasteiger partial charge in [0.2, 0.25) is 11.1 Å². The highest BCUT2D eigenvalue weighted by Crippen LogP contribution is 2.44. The molecule has 2 fully saturated rings. The molecule has 0 aromatic heterocycles. The van der Waals surface area contributed by atoms with Gasteiger partial charge in [-0.25, -0.2) is 11.7 Å². The molecule has 6 aromatic carbocycles. The van der Waals surface area contributed by atoms with Crippen LogP contribution in [-0.2, 0) is 0 Å². The molecule has 2 saturated heterocycles. The van der Waals surface area contributed by atoms with Crippen molar-refractivity contribution in [3.8, 4) is 36.4 Å². The van der Waals surface area contributed by atoms with Crippen molar-refractivity contribution < 1.29 is 9.97 Å². The van der Waals surface area contributed by atoms with Gasteiger partial charge in [0, 0.05) is 82.8 Å². The molecule has 12 nitrogen and oxygen atoms in total. The normalized spacial score (nSPS) is 16.1. The lowest BCUT2D eigenvalue weighted by atomic mass is 9.71. The first kappa shape index (κ1) is 64.3. The van der Waals surface area contributed by atoms with E-state index in [4.69, 9.17) is 0 Å². The zero-order valence-electron chi connectivity index (χ0n) is 50.7. The summed E-state index contributed by atoms with van der Waals surface area (Å²) in [6.45, 7) is 34.1. The quantitative estimate of drug-likeness (QED) is 0.0722. The van der Waals surface area contributed by atoms with Gasteiger partial charge in [-0.1, -0.05) is 140 Å². The van der Waals surface area contributed by atoms with Crippen molar-refractivity contribution in [2.24, 2.45) is 23.7 Å². The smallest absolute Gasteiger partial charge is 0.206 e. The third-order valence-electron chi connectivity index (χ3n) is 16.5. The molecule has 8 rings (SSSR count). The Balaban J connectivity index is 0.000000210. The van der Waals surface area contributed by atoms with Gasteiger partial charge in [0.15, 0.2) is 0 Å². The monoisotopic (exact) mass is 1090 g/mol. The summed E-state index contributed by atoms with van der Waals surface area (Å²) in [5.41, 5.74) is 2.67. The molecule has 0 aliphatic carbocycles. The van der Waals surface area contributed by atoms with E-state index in [0.29, 0.717) is 82.4 Å². The Bertz CT molecular complexity index is 3920. The fraction of sp³-hybridized carbons (Fsp3) is 0.429. The topological polar surface area (TPSA) is 231 Å². The maximum Gasteiger partial charge on any atom is 0.206 e. The van der Waals surface area contributed by atoms with Gasteiger partial charge in [-0.05, 0) is 130 Å². The fourth-order valence-electron chi connectivity index (χ4n) is 12.4. The van der Waals surface area contributed by atoms with Crippen molar-refractivity contribution >= 4 is 77.1 Å². The first-order valence-electron chi connectivity index (χ1n) is 28.1. The molecule has 0 atom stereocenters. The van der Waals surface area contributed by atoms with Gasteiger partial charge in [-0.2, -0.15) is 36.6 Å². The maximum absolute atomic E-state index is 12.1. The molecule has 0 unspecified atom stereocenters. The minimum absolute atomic E-state index is 0.00973. The van der Waals surface area contributed by atoms with Crippen LogP contribution >= 0.6 is 0 Å². The Hall–Kier alpha value is -8.54. The predicted octanol–water partition coefficient (Wildman–Crippen LogP) is 15.6. The number of nitroso groups, excluding NO2 is 1. The van der Waals surface area contributed by atoms with Gasteiger partial charge in [0.1, 0.15) is 47.6 Å². The number of hydroxylamine groups is 2. The van der Waals surface area contributed by atoms with Crippen molar-refractivity contribution in [1.29, 1.82) is 31.6 Å². The Morgan fingerprint density at radius 3 is 1.16 bits per heavy atom. The Morgan fingerprint density at radius 2 is 0.805 bits per heavy atom. The molecule has 420 valence electrons. The summed E-state index contributed by atoms with van der Waals surface area (Å²) < 4.78 is 1.30. The first-order valence-corrected chi connectivity index (χ1v) is 28.1. The van der Waals surface area contributed by atoms with E-state index < -0.39 is 0 Å². The van der Waals surface area contributed by atoms with Crippen LogP contribution in [0.15, 0.2) is 84.9 Å². The maximum atomic E-state index is 12.1. The number of hydrogen-bond donors (Lipinski definition) is 1. The van der Waals surface area contributed by atoms with Crippen molar-refractivity contribution in [2.75, 3.05) is 0 Å². The summed E-state index contributed by atoms with van der Waals surface area (Å²) in [6, 6.07) is 38.0. The number of piperidine rings is 2. The molecule has 0 saturated carbocycles. The summed E-state index contributed by atoms with van der Waals surface area (Å²) in [5, 5.41) is 94.3. The highest BCUT2D eigenvalue weighted by molar-refractivity contribution is 6.23. The minimum atomic E-state index is -0.198. The molecule has 2 aliphatic heterocycles. The number of allylic oxidation sites excluding steroid dienone is 2. The number of benzene rings is 6. The van der Waals surface area contributed by atoms with E-state index in [1.807, 2.05) is 133 Å². The van der Waals surface area contributed by atoms with E-state index >= 15 is 0 Å². The van der Waals surface area contributed by atoms with Gasteiger partial charge in [-0.15, -0.1) is 0 Å². The van der Waals surface area contributed by atoms with Crippen molar-refractivity contribution in [3.05, 3.63) is 133 Å². The lowest BCUT2D eigenvalue weighted by Gasteiger charge is -2.52. The van der Waals surface area contributed by atoms with Gasteiger partial charge < -0.3 is 16.0 Å². The standard InChI is InChI=1S/2C23H14N4.C12H25NO.C12H24NO/c2*1-14(2)15-7-8-20-21(9-15)23(17(12-26)13-27)19-6-4-3-5-18(19)22(20)16(10-24)11-25;2*1-9(2)10-7-11(3,4)13(14)12(5,6)8-10/h2*3-9,14H,1-2H3;9-10,14H,7-8H2,1-6H3;9-10H,7-8H2,1-6H3/q;-2;;+1. The zero-order valence-corrected chi connectivity index (χ0v) is 50.7. The second-order valence-corrected chi connectivity index (χ2v) is 25.6. The van der Waals surface area contributed by atoms with Gasteiger partial charge in [-0.3, -0.25) is 0 Å². The molecule has 2 aliphatic rings. The van der Waals surface area contributed by atoms with E-state index in [1.165, 1.54) is 4.76 Å². The molecular weight excluding hydrogens is 1010 g/mol. The molecular formula is C70H77N10O2-. The highest BCUT2D eigenvalue weighted by atomic mass is 16.5. The molecule has 12 heteroatoms. The molecule has 1 N–H and O–H groups in total. The number of fused-ring (bicyclic) bond motifs is 4. The summed E-state index contributed by atoms with van der Waals surface area (Å²) in [4.78, 5) is 12.1. The fourth-order valence-corrected chi connectivity index (χ4v) is 12.4. The number of nitrogens with zero attached hydrogens (tertiary/aromatic N) is 10. The van der Waals surface area contributed by atoms with Crippen LogP contribution in [0, 0.1) is 96.6 Å². The number of nitriles is 6. The van der Waals surface area contributed by atoms with E-state index in [9.17, 15) is 52.5 Å². The third-order valence-corrected chi connectivity index (χ3v) is 16.5. The SMILES string of the molecule is CC(C)C1CC(C)(C)N(O)C(C)(C)C1.CC(C)C1CC(C)(C)[N+](=O)C(C)(C)C1.CC(C)c1ccc2c(=C(C#N)C#N)c3ccccc3c(=C(C#N)C#N)c2c1.CC(C)c1ccc2c(C(=C=[N-])C#N)c3ccccc3c(C(=C=[N-])C#N)c2c1. The van der Waals surface area contributed by atoms with E-state index in [1.54, 1.807) is 5.06 Å². The van der Waals surface area contributed by atoms with Crippen molar-refractivity contribution in [3.63, 3.8) is 0 Å². The largest absolute Gasteiger partial charge is 0.762 e. The molecule has 82 heavy (non-hydrogen) atoms. The molecule has 0 spiro atoms. The summed E-state index contributed by atoms with van der Waals surface area (Å²) in [6.07, 6.45) is 4.23. The molecule has 0 amide bonds. The van der Waals surface area contributed by atoms with Crippen molar-refractivity contribution in [2.45, 2.75) is 170 Å². The van der Waals surface area contributed by atoms with E-state index in [0.717, 1.165) is 42.7 Å². The van der Waals surface area contributed by atoms with Crippen LogP contribution in [-0.4, -0.2) is 48.9 Å². The van der Waals surface area contributed by atoms with Crippen LogP contribution in [0.5, 0.6) is 0 Å². The van der Waals surface area contributed by atoms with Crippen LogP contribution < -0.4 is 10.4 Å². The first-order chi connectivity index (χ1) is 38.5. The van der Waals surface area contributed by atoms with Gasteiger partial charge in [0.25, 0.3) is 0 Å². The average molecular weight is 1090 g/mol. The molecule has 0 bridgehead atoms. The van der Waals surface area contributed by atoms with Crippen LogP contribution in [0.25, 0.3) is 76.2 Å². The Labute approximate surface area is 485 Å². The predicted molar refractivity (Wildman–Crippen MR) is 333 cm³/mol. The number of hydrogen-bond acceptors (Lipinski definition) is 9. The van der Waals surface area contributed by atoms with Gasteiger partial charge >= 0.3 is 0 Å². The summed E-state index contributed by atoms with van der Waals surface area (Å²) in [5.74, 6) is 7.29. The highest BCUT2D eigenvalue weighted by Gasteiger charge is 2.54. The van der Waals surface area contributed by atoms with Crippen LogP contribution in [0.3, 0.4) is 0 Å². The molecule has 0 radical (unpaired) electrons. The number of rotatable bonds is 6. The summed E-state index contributed by atoms with van der Waals surface area (Å²) in [7, 11) is 0. The second-order valence-electron chi connectivity index (χ2n) is 25.6. The van der Waals surface area contributed by atoms with Crippen LogP contribution in [0.1, 0.15) is 171 Å². The van der Waals surface area contributed by atoms with Gasteiger partial charge in [0.05, 0.1) is 11.1 Å². The Kier molecular flexibility index (Phi) is 20.3. The Morgan fingerprint density at radius 1 is 0.488 bits per heavy atom. The average Bonchev–Trinajstić information content (AvgIpc) is 2.00. The van der Waals surface area contributed by atoms with Crippen LogP contribution in [0.2, 0.25) is 0 Å². The van der Waals surface area contributed by atoms with Crippen LogP contribution in [0.4, 0.5) is 0 Å². The second kappa shape index (κ2) is 25.9. The molecule has 6 aromatic rings. The zero-order chi connectivity index (χ0) is 61.4. The third kappa shape index (κ3) is 13.3. The summed E-state index contributed by atoms with van der Waals surface area (Å²) >= 11 is 0. The van der Waals surface area contributed by atoms with E-state index in [2.05, 4.69) is 111 Å². The van der Waals surface area contributed by atoms with E-state index in [-0.39, 0.29) is 56.3 Å².